The molecule has 1 aromatic rings. The Morgan fingerprint density at radius 2 is 2.08 bits per heavy atom. The van der Waals surface area contributed by atoms with Crippen LogP contribution in [0, 0.1) is 10.2 Å². The number of nitrogens with one attached hydrogen (secondary N) is 1. The van der Waals surface area contributed by atoms with Gasteiger partial charge in [0.1, 0.15) is 0 Å². The molecule has 0 aliphatic heterocycles. The third kappa shape index (κ3) is 1.91. The lowest BCUT2D eigenvalue weighted by molar-refractivity contribution is 0.323. The van der Waals surface area contributed by atoms with Gasteiger partial charge < -0.3 is 5.84 Å². The Labute approximate surface area is 83.1 Å². The van der Waals surface area contributed by atoms with Gasteiger partial charge in [-0.25, -0.2) is 4.68 Å². The van der Waals surface area contributed by atoms with E-state index in [1.807, 2.05) is 0 Å². The van der Waals surface area contributed by atoms with Gasteiger partial charge in [0.15, 0.2) is 5.82 Å². The zero-order valence-corrected chi connectivity index (χ0v) is 9.27. The first-order valence-electron chi connectivity index (χ1n) is 4.26. The van der Waals surface area contributed by atoms with Crippen LogP contribution in [0.4, 0.5) is 0 Å². The van der Waals surface area contributed by atoms with Crippen LogP contribution >= 0.6 is 12.2 Å². The minimum atomic E-state index is 0.137. The third-order valence-corrected chi connectivity index (χ3v) is 2.71. The molecule has 0 aromatic carbocycles. The van der Waals surface area contributed by atoms with Crippen LogP contribution in [0.2, 0.25) is 0 Å². The van der Waals surface area contributed by atoms with E-state index in [9.17, 15) is 0 Å². The Morgan fingerprint density at radius 3 is 2.38 bits per heavy atom. The number of nitrogens with zero attached hydrogens (tertiary/aromatic N) is 2. The van der Waals surface area contributed by atoms with Crippen molar-refractivity contribution in [2.75, 3.05) is 5.84 Å². The van der Waals surface area contributed by atoms with Crippen molar-refractivity contribution in [3.05, 3.63) is 10.6 Å². The molecule has 74 valence electrons. The topological polar surface area (TPSA) is 59.6 Å². The highest BCUT2D eigenvalue weighted by Crippen LogP contribution is 2.32. The first-order valence-corrected chi connectivity index (χ1v) is 4.67. The molecule has 5 heteroatoms. The van der Waals surface area contributed by atoms with Crippen LogP contribution in [0.3, 0.4) is 0 Å². The molecule has 0 bridgehead atoms. The summed E-state index contributed by atoms with van der Waals surface area (Å²) in [5, 5.41) is 6.78. The van der Waals surface area contributed by atoms with Gasteiger partial charge in [0.05, 0.1) is 0 Å². The van der Waals surface area contributed by atoms with E-state index < -0.39 is 0 Å². The van der Waals surface area contributed by atoms with Crippen LogP contribution in [-0.2, 0) is 0 Å². The van der Waals surface area contributed by atoms with Crippen molar-refractivity contribution in [2.45, 2.75) is 33.6 Å². The van der Waals surface area contributed by atoms with E-state index in [0.29, 0.717) is 4.77 Å². The van der Waals surface area contributed by atoms with E-state index in [0.717, 1.165) is 5.82 Å². The predicted molar refractivity (Wildman–Crippen MR) is 55.4 cm³/mol. The van der Waals surface area contributed by atoms with Gasteiger partial charge in [-0.2, -0.15) is 5.10 Å². The monoisotopic (exact) mass is 200 g/mol. The standard InChI is InChI=1S/C8H16N4S/c1-5(8(2,3)4)6-10-11-7(13)12(6)9/h5H,9H2,1-4H3,(H,11,13). The van der Waals surface area contributed by atoms with E-state index in [2.05, 4.69) is 37.9 Å². The van der Waals surface area contributed by atoms with Gasteiger partial charge in [-0.1, -0.05) is 27.7 Å². The molecular formula is C8H16N4S. The average molecular weight is 200 g/mol. The fourth-order valence-electron chi connectivity index (χ4n) is 1.01. The normalized spacial score (nSPS) is 14.5. The quantitative estimate of drug-likeness (QED) is 0.537. The zero-order chi connectivity index (χ0) is 10.2. The summed E-state index contributed by atoms with van der Waals surface area (Å²) in [4.78, 5) is 0. The van der Waals surface area contributed by atoms with Crippen molar-refractivity contribution < 1.29 is 0 Å². The number of hydrogen-bond acceptors (Lipinski definition) is 3. The third-order valence-electron chi connectivity index (χ3n) is 2.42. The largest absolute Gasteiger partial charge is 0.335 e. The van der Waals surface area contributed by atoms with Crippen LogP contribution in [0.25, 0.3) is 0 Å². The molecule has 0 radical (unpaired) electrons. The van der Waals surface area contributed by atoms with Gasteiger partial charge >= 0.3 is 0 Å². The molecule has 0 saturated carbocycles. The Bertz CT molecular complexity index is 344. The maximum Gasteiger partial charge on any atom is 0.214 e. The van der Waals surface area contributed by atoms with Crippen molar-refractivity contribution in [3.8, 4) is 0 Å². The number of nitrogen functional groups attached to an aromatic ring is 1. The molecule has 1 atom stereocenters. The van der Waals surface area contributed by atoms with Gasteiger partial charge in [0.2, 0.25) is 4.77 Å². The van der Waals surface area contributed by atoms with Crippen LogP contribution in [0.15, 0.2) is 0 Å². The summed E-state index contributed by atoms with van der Waals surface area (Å²) in [5.74, 6) is 6.79. The minimum Gasteiger partial charge on any atom is -0.335 e. The average Bonchev–Trinajstić information content (AvgIpc) is 2.30. The second kappa shape index (κ2) is 3.14. The van der Waals surface area contributed by atoms with E-state index >= 15 is 0 Å². The Kier molecular flexibility index (Phi) is 2.47. The molecular weight excluding hydrogens is 184 g/mol. The first-order chi connectivity index (χ1) is 5.84. The lowest BCUT2D eigenvalue weighted by Crippen LogP contribution is -2.23. The molecule has 0 spiro atoms. The van der Waals surface area contributed by atoms with Crippen LogP contribution < -0.4 is 5.84 Å². The molecule has 0 aliphatic rings. The number of hydrogen-bond donors (Lipinski definition) is 2. The SMILES string of the molecule is CC(c1n[nH]c(=S)n1N)C(C)(C)C. The van der Waals surface area contributed by atoms with Crippen LogP contribution in [0.1, 0.15) is 39.4 Å². The highest BCUT2D eigenvalue weighted by Gasteiger charge is 2.25. The second-order valence-corrected chi connectivity index (χ2v) is 4.73. The molecule has 3 N–H and O–H groups in total. The fraction of sp³-hybridized carbons (Fsp3) is 0.750. The van der Waals surface area contributed by atoms with Crippen LogP contribution in [0.5, 0.6) is 0 Å². The number of aromatic amines is 1. The highest BCUT2D eigenvalue weighted by atomic mass is 32.1. The maximum absolute atomic E-state index is 5.72. The molecule has 13 heavy (non-hydrogen) atoms. The summed E-state index contributed by atoms with van der Waals surface area (Å²) in [7, 11) is 0. The summed E-state index contributed by atoms with van der Waals surface area (Å²) in [6.45, 7) is 8.54. The van der Waals surface area contributed by atoms with E-state index in [1.165, 1.54) is 4.68 Å². The lowest BCUT2D eigenvalue weighted by atomic mass is 9.82. The van der Waals surface area contributed by atoms with Crippen molar-refractivity contribution >= 4 is 12.2 Å². The second-order valence-electron chi connectivity index (χ2n) is 4.34. The minimum absolute atomic E-state index is 0.137. The summed E-state index contributed by atoms with van der Waals surface area (Å²) >= 11 is 4.94. The molecule has 0 amide bonds. The lowest BCUT2D eigenvalue weighted by Gasteiger charge is -2.25. The van der Waals surface area contributed by atoms with Crippen molar-refractivity contribution in [1.29, 1.82) is 0 Å². The van der Waals surface area contributed by atoms with Gasteiger partial charge in [0.25, 0.3) is 0 Å². The van der Waals surface area contributed by atoms with E-state index in [1.54, 1.807) is 0 Å². The van der Waals surface area contributed by atoms with E-state index in [4.69, 9.17) is 18.1 Å². The predicted octanol–water partition coefficient (Wildman–Crippen LogP) is 1.80. The maximum atomic E-state index is 5.72. The van der Waals surface area contributed by atoms with Gasteiger partial charge in [-0.15, -0.1) is 0 Å². The Morgan fingerprint density at radius 1 is 1.54 bits per heavy atom. The number of rotatable bonds is 1. The summed E-state index contributed by atoms with van der Waals surface area (Å²) in [6, 6.07) is 0. The molecule has 0 aliphatic carbocycles. The molecule has 0 saturated heterocycles. The van der Waals surface area contributed by atoms with Crippen molar-refractivity contribution in [3.63, 3.8) is 0 Å². The molecule has 1 aromatic heterocycles. The van der Waals surface area contributed by atoms with Crippen LogP contribution in [-0.4, -0.2) is 14.9 Å². The number of nitrogens with two attached hydrogens (primary N) is 1. The Balaban J connectivity index is 3.09. The summed E-state index contributed by atoms with van der Waals surface area (Å²) in [5.41, 5.74) is 0.137. The highest BCUT2D eigenvalue weighted by molar-refractivity contribution is 7.71. The number of aromatic nitrogens is 3. The zero-order valence-electron chi connectivity index (χ0n) is 8.46. The summed E-state index contributed by atoms with van der Waals surface area (Å²) in [6.07, 6.45) is 0. The Hall–Kier alpha value is -0.840. The van der Waals surface area contributed by atoms with E-state index in [-0.39, 0.29) is 11.3 Å². The van der Waals surface area contributed by atoms with Crippen molar-refractivity contribution in [1.82, 2.24) is 14.9 Å². The van der Waals surface area contributed by atoms with Gasteiger partial charge in [-0.3, -0.25) is 5.10 Å². The van der Waals surface area contributed by atoms with Gasteiger partial charge in [-0.05, 0) is 17.6 Å². The first kappa shape index (κ1) is 10.2. The fourth-order valence-corrected chi connectivity index (χ4v) is 1.15. The molecule has 0 fully saturated rings. The molecule has 1 heterocycles. The molecule has 4 nitrogen and oxygen atoms in total. The molecule has 1 unspecified atom stereocenters. The van der Waals surface area contributed by atoms with Gasteiger partial charge in [0, 0.05) is 5.92 Å². The number of H-pyrrole nitrogens is 1. The smallest absolute Gasteiger partial charge is 0.214 e. The summed E-state index contributed by atoms with van der Waals surface area (Å²) < 4.78 is 1.90. The molecule has 1 rings (SSSR count). The van der Waals surface area contributed by atoms with Crippen molar-refractivity contribution in [2.24, 2.45) is 5.41 Å².